The second-order valence-corrected chi connectivity index (χ2v) is 6.70. The van der Waals surface area contributed by atoms with Gasteiger partial charge in [-0.15, -0.1) is 0 Å². The summed E-state index contributed by atoms with van der Waals surface area (Å²) in [7, 11) is 0. The fraction of sp³-hybridized carbons (Fsp3) is 1.00. The smallest absolute Gasteiger partial charge is 0.168 e. The molecule has 1 heterocycles. The first-order valence-corrected chi connectivity index (χ1v) is 8.19. The average Bonchev–Trinajstić information content (AvgIpc) is 2.85. The van der Waals surface area contributed by atoms with Gasteiger partial charge in [-0.2, -0.15) is 0 Å². The van der Waals surface area contributed by atoms with E-state index in [0.29, 0.717) is 17.9 Å². The van der Waals surface area contributed by atoms with E-state index in [1.165, 1.54) is 44.9 Å². The Morgan fingerprint density at radius 2 is 1.74 bits per heavy atom. The van der Waals surface area contributed by atoms with Crippen molar-refractivity contribution in [1.82, 2.24) is 0 Å². The quantitative estimate of drug-likeness (QED) is 0.764. The molecule has 1 aliphatic heterocycles. The van der Waals surface area contributed by atoms with Crippen LogP contribution in [0.15, 0.2) is 0 Å². The zero-order valence-corrected chi connectivity index (χ0v) is 11.9. The van der Waals surface area contributed by atoms with Gasteiger partial charge < -0.3 is 9.47 Å². The molecule has 0 bridgehead atoms. The van der Waals surface area contributed by atoms with Crippen LogP contribution in [0.4, 0.5) is 4.39 Å². The maximum atomic E-state index is 12.4. The lowest BCUT2D eigenvalue weighted by molar-refractivity contribution is -0.192. The highest BCUT2D eigenvalue weighted by molar-refractivity contribution is 4.87. The Kier molecular flexibility index (Phi) is 4.43. The fourth-order valence-electron chi connectivity index (χ4n) is 4.17. The number of halogens is 1. The number of hydrogen-bond donors (Lipinski definition) is 0. The van der Waals surface area contributed by atoms with Crippen molar-refractivity contribution in [3.63, 3.8) is 0 Å². The molecule has 0 aromatic heterocycles. The Morgan fingerprint density at radius 1 is 1.00 bits per heavy atom. The topological polar surface area (TPSA) is 18.5 Å². The minimum absolute atomic E-state index is 0.151. The summed E-state index contributed by atoms with van der Waals surface area (Å²) >= 11 is 0. The highest BCUT2D eigenvalue weighted by atomic mass is 19.1. The van der Waals surface area contributed by atoms with E-state index in [4.69, 9.17) is 9.47 Å². The first kappa shape index (κ1) is 13.8. The van der Waals surface area contributed by atoms with E-state index in [-0.39, 0.29) is 12.5 Å². The zero-order valence-electron chi connectivity index (χ0n) is 11.9. The van der Waals surface area contributed by atoms with Crippen molar-refractivity contribution in [3.8, 4) is 0 Å². The molecule has 1 saturated heterocycles. The van der Waals surface area contributed by atoms with Gasteiger partial charge in [0.05, 0.1) is 19.4 Å². The molecule has 0 aromatic rings. The maximum absolute atomic E-state index is 12.4. The van der Waals surface area contributed by atoms with Crippen molar-refractivity contribution in [2.45, 2.75) is 76.1 Å². The third kappa shape index (κ3) is 3.13. The van der Waals surface area contributed by atoms with Gasteiger partial charge >= 0.3 is 0 Å². The van der Waals surface area contributed by atoms with Crippen LogP contribution in [0.5, 0.6) is 0 Å². The molecule has 19 heavy (non-hydrogen) atoms. The third-order valence-electron chi connectivity index (χ3n) is 5.43. The zero-order chi connectivity index (χ0) is 13.1. The van der Waals surface area contributed by atoms with E-state index < -0.39 is 0 Å². The molecular formula is C16H27FO2. The molecule has 2 aliphatic carbocycles. The van der Waals surface area contributed by atoms with Crippen molar-refractivity contribution in [1.29, 1.82) is 0 Å². The van der Waals surface area contributed by atoms with Crippen LogP contribution in [0.25, 0.3) is 0 Å². The first-order chi connectivity index (χ1) is 9.31. The molecule has 0 aromatic carbocycles. The van der Waals surface area contributed by atoms with Gasteiger partial charge in [0.1, 0.15) is 0 Å². The molecule has 3 rings (SSSR count). The van der Waals surface area contributed by atoms with Gasteiger partial charge in [0.2, 0.25) is 0 Å². The third-order valence-corrected chi connectivity index (χ3v) is 5.43. The van der Waals surface area contributed by atoms with Crippen LogP contribution >= 0.6 is 0 Å². The van der Waals surface area contributed by atoms with E-state index in [2.05, 4.69) is 0 Å². The molecule has 1 atom stereocenters. The van der Waals surface area contributed by atoms with Crippen molar-refractivity contribution >= 4 is 0 Å². The van der Waals surface area contributed by atoms with Gasteiger partial charge in [-0.25, -0.2) is 0 Å². The van der Waals surface area contributed by atoms with Crippen LogP contribution in [0.2, 0.25) is 0 Å². The second kappa shape index (κ2) is 6.09. The Balaban J connectivity index is 1.49. The van der Waals surface area contributed by atoms with E-state index in [0.717, 1.165) is 25.9 Å². The molecule has 0 amide bonds. The maximum Gasteiger partial charge on any atom is 0.168 e. The Labute approximate surface area is 116 Å². The molecule has 110 valence electrons. The predicted octanol–water partition coefficient (Wildman–Crippen LogP) is 4.23. The molecule has 2 nitrogen and oxygen atoms in total. The Hall–Kier alpha value is -0.150. The van der Waals surface area contributed by atoms with Crippen LogP contribution in [0, 0.1) is 11.8 Å². The highest BCUT2D eigenvalue weighted by Crippen LogP contribution is 2.42. The summed E-state index contributed by atoms with van der Waals surface area (Å²) in [6, 6.07) is 0. The van der Waals surface area contributed by atoms with Crippen molar-refractivity contribution in [2.75, 3.05) is 13.3 Å². The lowest BCUT2D eigenvalue weighted by Crippen LogP contribution is -2.35. The summed E-state index contributed by atoms with van der Waals surface area (Å²) in [6.07, 6.45) is 11.8. The molecule has 2 saturated carbocycles. The standard InChI is InChI=1S/C16H27FO2/c17-11-8-13-4-6-14(7-5-13)15-12-18-16(19-15)9-2-1-3-10-16/h13-15H,1-12H2. The van der Waals surface area contributed by atoms with Crippen LogP contribution in [-0.4, -0.2) is 25.2 Å². The Morgan fingerprint density at radius 3 is 2.42 bits per heavy atom. The SMILES string of the molecule is FCCC1CCC(C2COC3(CCCCC3)O2)CC1. The number of ether oxygens (including phenoxy) is 2. The molecule has 0 radical (unpaired) electrons. The number of hydrogen-bond acceptors (Lipinski definition) is 2. The molecule has 1 spiro atoms. The monoisotopic (exact) mass is 270 g/mol. The lowest BCUT2D eigenvalue weighted by Gasteiger charge is -2.34. The van der Waals surface area contributed by atoms with Crippen LogP contribution in [0.1, 0.15) is 64.2 Å². The Bertz CT molecular complexity index is 280. The molecule has 3 aliphatic rings. The van der Waals surface area contributed by atoms with Gasteiger partial charge in [0.25, 0.3) is 0 Å². The van der Waals surface area contributed by atoms with Crippen molar-refractivity contribution in [2.24, 2.45) is 11.8 Å². The summed E-state index contributed by atoms with van der Waals surface area (Å²) in [6.45, 7) is 0.639. The molecule has 3 fully saturated rings. The summed E-state index contributed by atoms with van der Waals surface area (Å²) < 4.78 is 24.7. The minimum atomic E-state index is -0.224. The largest absolute Gasteiger partial charge is 0.347 e. The number of alkyl halides is 1. The highest BCUT2D eigenvalue weighted by Gasteiger charge is 2.45. The summed E-state index contributed by atoms with van der Waals surface area (Å²) in [4.78, 5) is 0. The van der Waals surface area contributed by atoms with Crippen molar-refractivity contribution in [3.05, 3.63) is 0 Å². The van der Waals surface area contributed by atoms with Gasteiger partial charge in [-0.05, 0) is 56.8 Å². The van der Waals surface area contributed by atoms with Gasteiger partial charge in [0.15, 0.2) is 5.79 Å². The fourth-order valence-corrected chi connectivity index (χ4v) is 4.17. The molecule has 0 N–H and O–H groups in total. The molecule has 3 heteroatoms. The van der Waals surface area contributed by atoms with Crippen LogP contribution in [0.3, 0.4) is 0 Å². The van der Waals surface area contributed by atoms with Gasteiger partial charge in [0, 0.05) is 12.8 Å². The van der Waals surface area contributed by atoms with Gasteiger partial charge in [-0.3, -0.25) is 4.39 Å². The summed E-state index contributed by atoms with van der Waals surface area (Å²) in [5.41, 5.74) is 0. The predicted molar refractivity (Wildman–Crippen MR) is 72.7 cm³/mol. The number of rotatable bonds is 3. The van der Waals surface area contributed by atoms with Gasteiger partial charge in [-0.1, -0.05) is 6.42 Å². The van der Waals surface area contributed by atoms with Crippen molar-refractivity contribution < 1.29 is 13.9 Å². The van der Waals surface area contributed by atoms with E-state index in [1.54, 1.807) is 0 Å². The van der Waals surface area contributed by atoms with Crippen LogP contribution in [-0.2, 0) is 9.47 Å². The first-order valence-electron chi connectivity index (χ1n) is 8.19. The minimum Gasteiger partial charge on any atom is -0.347 e. The van der Waals surface area contributed by atoms with E-state index in [9.17, 15) is 4.39 Å². The molecular weight excluding hydrogens is 243 g/mol. The lowest BCUT2D eigenvalue weighted by atomic mass is 9.78. The van der Waals surface area contributed by atoms with E-state index in [1.807, 2.05) is 0 Å². The normalized spacial score (nSPS) is 38.7. The molecule has 1 unspecified atom stereocenters. The van der Waals surface area contributed by atoms with Crippen LogP contribution < -0.4 is 0 Å². The summed E-state index contributed by atoms with van der Waals surface area (Å²) in [5.74, 6) is 1.04. The van der Waals surface area contributed by atoms with E-state index >= 15 is 0 Å². The average molecular weight is 270 g/mol. The summed E-state index contributed by atoms with van der Waals surface area (Å²) in [5, 5.41) is 0. The second-order valence-electron chi connectivity index (χ2n) is 6.70.